The van der Waals surface area contributed by atoms with Crippen molar-refractivity contribution in [3.05, 3.63) is 126 Å². The lowest BCUT2D eigenvalue weighted by atomic mass is 10.2. The zero-order valence-corrected chi connectivity index (χ0v) is 35.2. The molecule has 6 rings (SSSR count). The highest BCUT2D eigenvalue weighted by Gasteiger charge is 2.25. The number of pyridine rings is 1. The Kier molecular flexibility index (Phi) is 16.0. The second kappa shape index (κ2) is 20.9. The number of urea groups is 1. The van der Waals surface area contributed by atoms with E-state index in [4.69, 9.17) is 53.4 Å². The van der Waals surface area contributed by atoms with Crippen molar-refractivity contribution in [1.82, 2.24) is 24.7 Å². The van der Waals surface area contributed by atoms with E-state index in [2.05, 4.69) is 25.3 Å². The minimum Gasteiger partial charge on any atom is -0.480 e. The standard InChI is InChI=1S/C13H12IN5O6S.C12H9ClN2O3.C11H8ClNO3/c1-6-15-11(18-13(16-6)25-2)17-12(22)19-26(23,24)9-5-7(14)3-4-8(9)10(20)21;13-11-10(18-8-4-2-1-3-5-8)7-6-9(12(11)14)15(16)17;12-8-3-4-9(16-6-10(14)15)11-7(8)2-1-5-13-11/h3-5H,1-2H3,(H,20,21)(H2,15,16,17,18,19,22);1-7H,14H2;1-5H,6H2,(H,14,15). The number of halogens is 3. The molecule has 2 aromatic heterocycles. The number of carboxylic acids is 2. The number of nitrogens with one attached hydrogen (secondary N) is 2. The Morgan fingerprint density at radius 2 is 1.65 bits per heavy atom. The molecule has 6 aromatic rings. The average molecular weight is 996 g/mol. The highest BCUT2D eigenvalue weighted by atomic mass is 127. The van der Waals surface area contributed by atoms with Gasteiger partial charge in [0.2, 0.25) is 5.95 Å². The molecule has 0 saturated carbocycles. The predicted octanol–water partition coefficient (Wildman–Crippen LogP) is 6.98. The summed E-state index contributed by atoms with van der Waals surface area (Å²) in [5.41, 5.74) is 5.34. The van der Waals surface area contributed by atoms with Crippen molar-refractivity contribution in [2.24, 2.45) is 0 Å². The lowest BCUT2D eigenvalue weighted by Gasteiger charge is -2.10. The summed E-state index contributed by atoms with van der Waals surface area (Å²) >= 11 is 13.7. The van der Waals surface area contributed by atoms with Gasteiger partial charge in [0.1, 0.15) is 44.2 Å². The number of aromatic nitrogens is 4. The monoisotopic (exact) mass is 994 g/mol. The normalized spacial score (nSPS) is 10.5. The fourth-order valence-electron chi connectivity index (χ4n) is 4.59. The van der Waals surface area contributed by atoms with Gasteiger partial charge in [0, 0.05) is 21.2 Å². The Morgan fingerprint density at radius 3 is 2.30 bits per heavy atom. The zero-order chi connectivity index (χ0) is 44.1. The molecular formula is C36H29Cl2IN8O12S. The number of carbonyl (C=O) groups excluding carboxylic acids is 1. The second-order valence-electron chi connectivity index (χ2n) is 11.3. The van der Waals surface area contributed by atoms with Crippen molar-refractivity contribution in [1.29, 1.82) is 0 Å². The van der Waals surface area contributed by atoms with Crippen LogP contribution in [0.3, 0.4) is 0 Å². The van der Waals surface area contributed by atoms with E-state index >= 15 is 0 Å². The van der Waals surface area contributed by atoms with Gasteiger partial charge in [-0.25, -0.2) is 27.5 Å². The maximum Gasteiger partial charge on any atom is 0.341 e. The maximum atomic E-state index is 12.4. The number of nitrogens with two attached hydrogens (primary N) is 1. The smallest absolute Gasteiger partial charge is 0.341 e. The lowest BCUT2D eigenvalue weighted by molar-refractivity contribution is -0.383. The van der Waals surface area contributed by atoms with Gasteiger partial charge in [0.15, 0.2) is 6.61 Å². The molecule has 0 radical (unpaired) electrons. The van der Waals surface area contributed by atoms with Crippen LogP contribution < -0.4 is 30.0 Å². The number of aryl methyl sites for hydroxylation is 1. The van der Waals surface area contributed by atoms with E-state index in [9.17, 15) is 32.9 Å². The van der Waals surface area contributed by atoms with Gasteiger partial charge in [-0.1, -0.05) is 41.4 Å². The number of nitro benzene ring substituents is 1. The fourth-order valence-corrected chi connectivity index (χ4v) is 6.84. The van der Waals surface area contributed by atoms with Gasteiger partial charge in [0.05, 0.1) is 22.6 Å². The topological polar surface area (TPSA) is 298 Å². The number of ether oxygens (including phenoxy) is 3. The number of nitrogen functional groups attached to an aromatic ring is 1. The number of hydrogen-bond acceptors (Lipinski definition) is 15. The number of fused-ring (bicyclic) bond motifs is 1. The Morgan fingerprint density at radius 1 is 0.950 bits per heavy atom. The third-order valence-electron chi connectivity index (χ3n) is 7.14. The van der Waals surface area contributed by atoms with Gasteiger partial charge in [-0.05, 0) is 90.2 Å². The number of methoxy groups -OCH3 is 1. The quantitative estimate of drug-likeness (QED) is 0.0378. The number of anilines is 2. The third-order valence-corrected chi connectivity index (χ3v) is 9.91. The van der Waals surface area contributed by atoms with E-state index in [1.54, 1.807) is 59.4 Å². The molecule has 2 heterocycles. The number of nitro groups is 1. The molecule has 0 aliphatic rings. The highest BCUT2D eigenvalue weighted by Crippen LogP contribution is 2.39. The number of sulfonamides is 1. The molecule has 0 spiro atoms. The van der Waals surface area contributed by atoms with Crippen LogP contribution in [0, 0.1) is 20.6 Å². The number of rotatable bonds is 11. The molecule has 0 aliphatic heterocycles. The number of carboxylic acid groups (broad SMARTS) is 2. The van der Waals surface area contributed by atoms with Crippen molar-refractivity contribution in [3.8, 4) is 23.3 Å². The number of para-hydroxylation sites is 1. The summed E-state index contributed by atoms with van der Waals surface area (Å²) in [4.78, 5) is 58.7. The van der Waals surface area contributed by atoms with Gasteiger partial charge in [-0.3, -0.25) is 20.4 Å². The first kappa shape index (κ1) is 46.1. The fraction of sp³-hybridized carbons (Fsp3) is 0.0833. The zero-order valence-electron chi connectivity index (χ0n) is 30.7. The first-order chi connectivity index (χ1) is 28.4. The maximum absolute atomic E-state index is 12.4. The number of aromatic carboxylic acids is 1. The van der Waals surface area contributed by atoms with Crippen LogP contribution in [0.5, 0.6) is 23.3 Å². The Hall–Kier alpha value is -6.63. The van der Waals surface area contributed by atoms with E-state index in [0.29, 0.717) is 25.6 Å². The molecule has 0 aliphatic carbocycles. The molecule has 0 saturated heterocycles. The molecule has 24 heteroatoms. The Labute approximate surface area is 363 Å². The lowest BCUT2D eigenvalue weighted by Crippen LogP contribution is -2.35. The molecule has 60 heavy (non-hydrogen) atoms. The number of amides is 2. The summed E-state index contributed by atoms with van der Waals surface area (Å²) in [6, 6.07) is 20.9. The minimum absolute atomic E-state index is 0.0352. The van der Waals surface area contributed by atoms with Gasteiger partial charge in [-0.15, -0.1) is 0 Å². The van der Waals surface area contributed by atoms with Crippen molar-refractivity contribution in [3.63, 3.8) is 0 Å². The molecule has 6 N–H and O–H groups in total. The SMILES string of the molecule is COc1nc(C)nc(NC(=O)NS(=O)(=O)c2cc(I)ccc2C(=O)O)n1.Nc1c([N+](=O)[O-])ccc(Oc2ccccc2)c1Cl.O=C(O)COc1ccc(Cl)c2cccnc12. The average Bonchev–Trinajstić information content (AvgIpc) is 3.19. The third kappa shape index (κ3) is 12.7. The first-order valence-electron chi connectivity index (χ1n) is 16.4. The van der Waals surface area contributed by atoms with Crippen molar-refractivity contribution in [2.45, 2.75) is 11.8 Å². The minimum atomic E-state index is -4.45. The molecule has 20 nitrogen and oxygen atoms in total. The summed E-state index contributed by atoms with van der Waals surface area (Å²) in [6.07, 6.45) is 1.60. The Bertz CT molecular complexity index is 2680. The molecule has 4 aromatic carbocycles. The van der Waals surface area contributed by atoms with Crippen molar-refractivity contribution in [2.75, 3.05) is 24.8 Å². The second-order valence-corrected chi connectivity index (χ2v) is 15.0. The van der Waals surface area contributed by atoms with Crippen molar-refractivity contribution < 1.29 is 52.1 Å². The Balaban J connectivity index is 0.000000206. The van der Waals surface area contributed by atoms with Crippen LogP contribution in [0.4, 0.5) is 22.1 Å². The molecule has 0 atom stereocenters. The van der Waals surface area contributed by atoms with Gasteiger partial charge in [-0.2, -0.15) is 15.0 Å². The number of carbonyl (C=O) groups is 3. The largest absolute Gasteiger partial charge is 0.480 e. The van der Waals surface area contributed by atoms with E-state index in [1.807, 2.05) is 28.7 Å². The van der Waals surface area contributed by atoms with Crippen LogP contribution in [-0.4, -0.2) is 75.2 Å². The summed E-state index contributed by atoms with van der Waals surface area (Å²) in [6.45, 7) is 1.13. The molecule has 0 fully saturated rings. The number of hydrogen-bond donors (Lipinski definition) is 5. The van der Waals surface area contributed by atoms with E-state index in [1.165, 1.54) is 32.2 Å². The number of nitrogens with zero attached hydrogens (tertiary/aromatic N) is 5. The van der Waals surface area contributed by atoms with Crippen LogP contribution in [-0.2, 0) is 14.8 Å². The summed E-state index contributed by atoms with van der Waals surface area (Å²) in [5, 5.41) is 31.8. The predicted molar refractivity (Wildman–Crippen MR) is 225 cm³/mol. The van der Waals surface area contributed by atoms with Crippen LogP contribution in [0.15, 0.2) is 96.0 Å². The molecule has 312 valence electrons. The van der Waals surface area contributed by atoms with Crippen molar-refractivity contribution >= 4 is 102 Å². The summed E-state index contributed by atoms with van der Waals surface area (Å²) in [7, 11) is -3.14. The van der Waals surface area contributed by atoms with E-state index < -0.39 is 50.0 Å². The van der Waals surface area contributed by atoms with Crippen LogP contribution in [0.1, 0.15) is 16.2 Å². The molecule has 0 bridgehead atoms. The van der Waals surface area contributed by atoms with E-state index in [-0.39, 0.29) is 39.9 Å². The van der Waals surface area contributed by atoms with Crippen LogP contribution in [0.25, 0.3) is 10.9 Å². The summed E-state index contributed by atoms with van der Waals surface area (Å²) in [5.74, 6) is -1.19. The summed E-state index contributed by atoms with van der Waals surface area (Å²) < 4.78 is 42.4. The van der Waals surface area contributed by atoms with Gasteiger partial charge < -0.3 is 30.2 Å². The number of aliphatic carboxylic acids is 1. The molecular weight excluding hydrogens is 966 g/mol. The highest BCUT2D eigenvalue weighted by molar-refractivity contribution is 14.1. The van der Waals surface area contributed by atoms with Crippen LogP contribution >= 0.6 is 45.8 Å². The molecule has 2 amide bonds. The van der Waals surface area contributed by atoms with Gasteiger partial charge in [0.25, 0.3) is 15.7 Å². The first-order valence-corrected chi connectivity index (χ1v) is 19.7. The number of benzene rings is 4. The van der Waals surface area contributed by atoms with Crippen LogP contribution in [0.2, 0.25) is 10.0 Å². The van der Waals surface area contributed by atoms with E-state index in [0.717, 1.165) is 17.5 Å². The van der Waals surface area contributed by atoms with Gasteiger partial charge >= 0.3 is 24.0 Å². The molecule has 0 unspecified atom stereocenters.